The Hall–Kier alpha value is -3.62. The Kier molecular flexibility index (Phi) is 4.40. The van der Waals surface area contributed by atoms with E-state index < -0.39 is 6.04 Å². The molecule has 0 fully saturated rings. The maximum absolute atomic E-state index is 8.30. The minimum Gasteiger partial charge on any atom is -0.311 e. The van der Waals surface area contributed by atoms with E-state index in [-0.39, 0.29) is 29.7 Å². The summed E-state index contributed by atoms with van der Waals surface area (Å²) >= 11 is 3.51. The van der Waals surface area contributed by atoms with Crippen LogP contribution >= 0.6 is 15.9 Å². The van der Waals surface area contributed by atoms with Crippen LogP contribution in [0, 0.1) is 0 Å². The molecule has 0 amide bonds. The summed E-state index contributed by atoms with van der Waals surface area (Å²) < 4.78 is 41.4. The molecule has 1 nitrogen and oxygen atoms in total. The second-order valence-corrected chi connectivity index (χ2v) is 8.19. The van der Waals surface area contributed by atoms with Gasteiger partial charge in [0.05, 0.1) is 6.85 Å². The number of hydrogen-bond acceptors (Lipinski definition) is 1. The highest BCUT2D eigenvalue weighted by atomic mass is 79.9. The summed E-state index contributed by atoms with van der Waals surface area (Å²) in [5, 5.41) is 0. The summed E-state index contributed by atoms with van der Waals surface area (Å²) in [5.41, 5.74) is 5.84. The summed E-state index contributed by atoms with van der Waals surface area (Å²) in [4.78, 5) is 2.12. The molecule has 0 aliphatic rings. The Balaban J connectivity index is 1.57. The Labute approximate surface area is 204 Å². The average molecular weight is 481 g/mol. The van der Waals surface area contributed by atoms with E-state index >= 15 is 0 Å². The van der Waals surface area contributed by atoms with E-state index in [1.807, 2.05) is 54.6 Å². The molecule has 0 bridgehead atoms. The van der Waals surface area contributed by atoms with E-state index in [2.05, 4.69) is 57.2 Å². The summed E-state index contributed by atoms with van der Waals surface area (Å²) in [6.07, 6.45) is 0. The average Bonchev–Trinajstić information content (AvgIpc) is 2.94. The normalized spacial score (nSPS) is 12.8. The van der Waals surface area contributed by atoms with E-state index in [1.165, 1.54) is 0 Å². The fraction of sp³-hybridized carbons (Fsp3) is 0. The number of nitrogens with zero attached hydrogens (tertiary/aromatic N) is 1. The van der Waals surface area contributed by atoms with Crippen LogP contribution in [0.15, 0.2) is 138 Å². The molecule has 0 atom stereocenters. The molecular weight excluding hydrogens is 454 g/mol. The Bertz CT molecular complexity index is 1520. The van der Waals surface area contributed by atoms with Crippen LogP contribution in [0.2, 0.25) is 0 Å². The number of halogens is 1. The number of hydrogen-bond donors (Lipinski definition) is 0. The van der Waals surface area contributed by atoms with Crippen molar-refractivity contribution >= 4 is 33.0 Å². The summed E-state index contributed by atoms with van der Waals surface area (Å²) in [6.45, 7) is 0. The van der Waals surface area contributed by atoms with Crippen LogP contribution in [-0.2, 0) is 0 Å². The van der Waals surface area contributed by atoms with Crippen LogP contribution in [0.5, 0.6) is 0 Å². The lowest BCUT2D eigenvalue weighted by atomic mass is 10.0. The number of benzene rings is 5. The molecule has 0 aliphatic heterocycles. The summed E-state index contributed by atoms with van der Waals surface area (Å²) in [5.74, 6) is 0. The van der Waals surface area contributed by atoms with Gasteiger partial charge in [-0.1, -0.05) is 101 Å². The molecule has 0 saturated carbocycles. The van der Waals surface area contributed by atoms with Gasteiger partial charge in [-0.15, -0.1) is 0 Å². The topological polar surface area (TPSA) is 3.24 Å². The van der Waals surface area contributed by atoms with E-state index in [4.69, 9.17) is 6.85 Å². The van der Waals surface area contributed by atoms with Crippen LogP contribution in [0.1, 0.15) is 6.85 Å². The third kappa shape index (κ3) is 4.37. The van der Waals surface area contributed by atoms with Crippen LogP contribution in [0.4, 0.5) is 17.1 Å². The Morgan fingerprint density at radius 1 is 0.469 bits per heavy atom. The SMILES string of the molecule is [2H]c1c([2H])c([2H])c(-c2ccc(N(c3ccc(Br)cc3)c3ccc(-c4ccccc4)cc3)cc2)c([2H])c1[2H]. The van der Waals surface area contributed by atoms with Crippen molar-refractivity contribution in [3.63, 3.8) is 0 Å². The lowest BCUT2D eigenvalue weighted by Crippen LogP contribution is -2.09. The molecule has 0 aliphatic carbocycles. The van der Waals surface area contributed by atoms with Crippen molar-refractivity contribution < 1.29 is 6.85 Å². The molecule has 0 aromatic heterocycles. The van der Waals surface area contributed by atoms with Gasteiger partial charge in [0.1, 0.15) is 0 Å². The molecule has 0 radical (unpaired) electrons. The standard InChI is InChI=1S/C30H22BrN/c31-27-15-21-30(22-16-27)32(28-17-11-25(12-18-28)23-7-3-1-4-8-23)29-19-13-26(14-20-29)24-9-5-2-6-10-24/h1-22H/i1D,3D,4D,7D,8D. The van der Waals surface area contributed by atoms with Gasteiger partial charge in [-0.25, -0.2) is 0 Å². The molecule has 5 aromatic rings. The largest absolute Gasteiger partial charge is 0.311 e. The van der Waals surface area contributed by atoms with Gasteiger partial charge in [0.2, 0.25) is 0 Å². The van der Waals surface area contributed by atoms with Crippen molar-refractivity contribution in [2.45, 2.75) is 0 Å². The second-order valence-electron chi connectivity index (χ2n) is 7.27. The smallest absolute Gasteiger partial charge is 0.0629 e. The van der Waals surface area contributed by atoms with Crippen LogP contribution in [0.3, 0.4) is 0 Å². The van der Waals surface area contributed by atoms with Gasteiger partial charge in [-0.2, -0.15) is 0 Å². The molecule has 5 rings (SSSR count). The number of anilines is 3. The van der Waals surface area contributed by atoms with Crippen molar-refractivity contribution in [2.24, 2.45) is 0 Å². The van der Waals surface area contributed by atoms with Crippen LogP contribution in [-0.4, -0.2) is 0 Å². The molecule has 32 heavy (non-hydrogen) atoms. The molecule has 0 unspecified atom stereocenters. The lowest BCUT2D eigenvalue weighted by Gasteiger charge is -2.26. The fourth-order valence-electron chi connectivity index (χ4n) is 3.64. The van der Waals surface area contributed by atoms with Gasteiger partial charge in [0.25, 0.3) is 0 Å². The molecule has 0 saturated heterocycles. The van der Waals surface area contributed by atoms with Crippen molar-refractivity contribution in [2.75, 3.05) is 4.90 Å². The highest BCUT2D eigenvalue weighted by molar-refractivity contribution is 9.10. The third-order valence-corrected chi connectivity index (χ3v) is 5.76. The first-order valence-corrected chi connectivity index (χ1v) is 11.0. The second kappa shape index (κ2) is 9.25. The zero-order valence-electron chi connectivity index (χ0n) is 22.1. The van der Waals surface area contributed by atoms with Crippen molar-refractivity contribution in [1.82, 2.24) is 0 Å². The maximum atomic E-state index is 8.30. The van der Waals surface area contributed by atoms with Gasteiger partial charge in [0, 0.05) is 21.5 Å². The highest BCUT2D eigenvalue weighted by Crippen LogP contribution is 2.37. The van der Waals surface area contributed by atoms with E-state index in [9.17, 15) is 0 Å². The molecular formula is C30H22BrN. The van der Waals surface area contributed by atoms with E-state index in [0.717, 1.165) is 32.7 Å². The monoisotopic (exact) mass is 480 g/mol. The fourth-order valence-corrected chi connectivity index (χ4v) is 3.91. The Morgan fingerprint density at radius 3 is 1.44 bits per heavy atom. The summed E-state index contributed by atoms with van der Waals surface area (Å²) in [7, 11) is 0. The molecule has 154 valence electrons. The first-order chi connectivity index (χ1) is 17.8. The number of rotatable bonds is 5. The first-order valence-electron chi connectivity index (χ1n) is 12.7. The van der Waals surface area contributed by atoms with Gasteiger partial charge in [0.15, 0.2) is 0 Å². The maximum Gasteiger partial charge on any atom is 0.0629 e. The minimum absolute atomic E-state index is 0.194. The van der Waals surface area contributed by atoms with Gasteiger partial charge < -0.3 is 4.90 Å². The quantitative estimate of drug-likeness (QED) is 0.242. The van der Waals surface area contributed by atoms with Crippen molar-refractivity contribution in [3.05, 3.63) is 138 Å². The van der Waals surface area contributed by atoms with Gasteiger partial charge in [-0.3, -0.25) is 0 Å². The van der Waals surface area contributed by atoms with Crippen LogP contribution in [0.25, 0.3) is 22.3 Å². The molecule has 0 N–H and O–H groups in total. The van der Waals surface area contributed by atoms with E-state index in [0.29, 0.717) is 5.56 Å². The van der Waals surface area contributed by atoms with Crippen molar-refractivity contribution in [1.29, 1.82) is 0 Å². The predicted molar refractivity (Wildman–Crippen MR) is 140 cm³/mol. The molecule has 0 heterocycles. The Morgan fingerprint density at radius 2 is 0.906 bits per heavy atom. The lowest BCUT2D eigenvalue weighted by molar-refractivity contribution is 1.28. The van der Waals surface area contributed by atoms with Crippen molar-refractivity contribution in [3.8, 4) is 22.3 Å². The molecule has 2 heteroatoms. The minimum atomic E-state index is -0.393. The third-order valence-electron chi connectivity index (χ3n) is 5.23. The van der Waals surface area contributed by atoms with Crippen LogP contribution < -0.4 is 4.90 Å². The zero-order chi connectivity index (χ0) is 26.1. The molecule has 0 spiro atoms. The molecule has 5 aromatic carbocycles. The zero-order valence-corrected chi connectivity index (χ0v) is 18.7. The first kappa shape index (κ1) is 15.2. The predicted octanol–water partition coefficient (Wildman–Crippen LogP) is 9.25. The van der Waals surface area contributed by atoms with Gasteiger partial charge in [-0.05, 0) is 70.8 Å². The summed E-state index contributed by atoms with van der Waals surface area (Å²) in [6, 6.07) is 32.5. The van der Waals surface area contributed by atoms with E-state index in [1.54, 1.807) is 12.1 Å². The van der Waals surface area contributed by atoms with Gasteiger partial charge >= 0.3 is 0 Å². The highest BCUT2D eigenvalue weighted by Gasteiger charge is 2.13.